The maximum atomic E-state index is 9.96. The maximum absolute atomic E-state index is 9.96. The molecule has 3 rings (SSSR count). The summed E-state index contributed by atoms with van der Waals surface area (Å²) in [5.74, 6) is 1.17. The molecule has 1 aromatic heterocycles. The minimum absolute atomic E-state index is 0.222. The highest BCUT2D eigenvalue weighted by atomic mass is 35.5. The fourth-order valence-electron chi connectivity index (χ4n) is 1.77. The molecule has 0 amide bonds. The third-order valence-corrected chi connectivity index (χ3v) is 4.35. The number of nitrogens with zero attached hydrogens (tertiary/aromatic N) is 4. The predicted molar refractivity (Wildman–Crippen MR) is 79.8 cm³/mol. The Labute approximate surface area is 131 Å². The van der Waals surface area contributed by atoms with Crippen LogP contribution in [0.2, 0.25) is 5.02 Å². The molecule has 1 aliphatic rings. The van der Waals surface area contributed by atoms with Crippen molar-refractivity contribution in [2.45, 2.75) is 30.1 Å². The summed E-state index contributed by atoms with van der Waals surface area (Å²) in [6, 6.07) is 7.49. The fourth-order valence-corrected chi connectivity index (χ4v) is 2.75. The monoisotopic (exact) mass is 326 g/mol. The van der Waals surface area contributed by atoms with E-state index in [2.05, 4.69) is 15.5 Å². The first-order valence-electron chi connectivity index (χ1n) is 6.69. The van der Waals surface area contributed by atoms with Gasteiger partial charge in [-0.2, -0.15) is 0 Å². The Hall–Kier alpha value is -1.31. The van der Waals surface area contributed by atoms with E-state index < -0.39 is 6.10 Å². The average molecular weight is 327 g/mol. The number of thioether (sulfide) groups is 1. The fraction of sp³-hybridized carbons (Fsp3) is 0.462. The topological polar surface area (TPSA) is 73.1 Å². The molecule has 112 valence electrons. The molecule has 0 bridgehead atoms. The molecule has 1 unspecified atom stereocenters. The molecule has 0 radical (unpaired) electrons. The third kappa shape index (κ3) is 4.09. The highest BCUT2D eigenvalue weighted by Gasteiger charge is 2.28. The Morgan fingerprint density at radius 2 is 2.14 bits per heavy atom. The van der Waals surface area contributed by atoms with Crippen molar-refractivity contribution >= 4 is 23.4 Å². The number of rotatable bonds is 7. The molecule has 1 heterocycles. The van der Waals surface area contributed by atoms with Crippen molar-refractivity contribution in [1.29, 1.82) is 0 Å². The summed E-state index contributed by atoms with van der Waals surface area (Å²) in [4.78, 5) is 0. The molecule has 1 N–H and O–H groups in total. The van der Waals surface area contributed by atoms with Crippen LogP contribution < -0.4 is 4.74 Å². The zero-order valence-corrected chi connectivity index (χ0v) is 12.8. The van der Waals surface area contributed by atoms with Gasteiger partial charge in [0.1, 0.15) is 12.4 Å². The van der Waals surface area contributed by atoms with E-state index in [4.69, 9.17) is 16.3 Å². The molecule has 1 aromatic carbocycles. The van der Waals surface area contributed by atoms with E-state index in [0.29, 0.717) is 22.6 Å². The van der Waals surface area contributed by atoms with Gasteiger partial charge in [0, 0.05) is 10.8 Å². The van der Waals surface area contributed by atoms with Crippen LogP contribution >= 0.6 is 23.4 Å². The number of hydrogen-bond donors (Lipinski definition) is 1. The maximum Gasteiger partial charge on any atom is 0.209 e. The van der Waals surface area contributed by atoms with Crippen molar-refractivity contribution in [1.82, 2.24) is 20.2 Å². The lowest BCUT2D eigenvalue weighted by molar-refractivity contribution is 0.126. The first kappa shape index (κ1) is 14.6. The summed E-state index contributed by atoms with van der Waals surface area (Å²) < 4.78 is 7.33. The highest BCUT2D eigenvalue weighted by molar-refractivity contribution is 7.99. The van der Waals surface area contributed by atoms with Crippen LogP contribution in [-0.2, 0) is 0 Å². The molecule has 0 saturated heterocycles. The van der Waals surface area contributed by atoms with Crippen molar-refractivity contribution in [3.8, 4) is 5.75 Å². The third-order valence-electron chi connectivity index (χ3n) is 3.02. The van der Waals surface area contributed by atoms with Gasteiger partial charge in [0.25, 0.3) is 0 Å². The van der Waals surface area contributed by atoms with E-state index in [1.54, 1.807) is 24.3 Å². The van der Waals surface area contributed by atoms with Crippen LogP contribution in [0.4, 0.5) is 0 Å². The van der Waals surface area contributed by atoms with E-state index in [1.807, 2.05) is 4.68 Å². The molecule has 21 heavy (non-hydrogen) atoms. The van der Waals surface area contributed by atoms with Crippen LogP contribution in [0.25, 0.3) is 0 Å². The van der Waals surface area contributed by atoms with Gasteiger partial charge in [-0.05, 0) is 47.5 Å². The van der Waals surface area contributed by atoms with Crippen LogP contribution in [0.3, 0.4) is 0 Å². The van der Waals surface area contributed by atoms with Gasteiger partial charge in [0.05, 0.1) is 12.1 Å². The number of aliphatic hydroxyl groups excluding tert-OH is 1. The largest absolute Gasteiger partial charge is 0.491 e. The number of ether oxygens (including phenoxy) is 1. The zero-order chi connectivity index (χ0) is 14.7. The van der Waals surface area contributed by atoms with Gasteiger partial charge < -0.3 is 9.84 Å². The number of benzene rings is 1. The van der Waals surface area contributed by atoms with Crippen LogP contribution in [0.5, 0.6) is 5.75 Å². The van der Waals surface area contributed by atoms with Gasteiger partial charge in [-0.15, -0.1) is 5.10 Å². The number of aliphatic hydroxyl groups is 1. The Kier molecular flexibility index (Phi) is 4.62. The van der Waals surface area contributed by atoms with Crippen molar-refractivity contribution in [2.24, 2.45) is 0 Å². The molecular formula is C13H15ClN4O2S. The summed E-state index contributed by atoms with van der Waals surface area (Å²) in [5, 5.41) is 23.0. The van der Waals surface area contributed by atoms with E-state index >= 15 is 0 Å². The number of halogens is 1. The number of tetrazole rings is 1. The second-order valence-corrected chi connectivity index (χ2v) is 6.29. The Balaban J connectivity index is 1.44. The summed E-state index contributed by atoms with van der Waals surface area (Å²) in [7, 11) is 0. The van der Waals surface area contributed by atoms with E-state index in [1.165, 1.54) is 11.8 Å². The van der Waals surface area contributed by atoms with Crippen LogP contribution in [0.1, 0.15) is 18.9 Å². The first-order valence-corrected chi connectivity index (χ1v) is 8.06. The second-order valence-electron chi connectivity index (χ2n) is 4.87. The molecule has 1 fully saturated rings. The molecule has 1 aliphatic carbocycles. The molecular weight excluding hydrogens is 312 g/mol. The van der Waals surface area contributed by atoms with E-state index in [-0.39, 0.29) is 6.61 Å². The van der Waals surface area contributed by atoms with Crippen LogP contribution in [-0.4, -0.2) is 43.8 Å². The van der Waals surface area contributed by atoms with Crippen molar-refractivity contribution < 1.29 is 9.84 Å². The minimum atomic E-state index is -0.588. The minimum Gasteiger partial charge on any atom is -0.491 e. The molecule has 1 saturated carbocycles. The van der Waals surface area contributed by atoms with E-state index in [0.717, 1.165) is 18.0 Å². The van der Waals surface area contributed by atoms with Gasteiger partial charge >= 0.3 is 0 Å². The van der Waals surface area contributed by atoms with Crippen LogP contribution in [0, 0.1) is 0 Å². The molecule has 8 heteroatoms. The van der Waals surface area contributed by atoms with Gasteiger partial charge in [-0.3, -0.25) is 0 Å². The summed E-state index contributed by atoms with van der Waals surface area (Å²) in [5.41, 5.74) is 0. The smallest absolute Gasteiger partial charge is 0.209 e. The first-order chi connectivity index (χ1) is 10.2. The van der Waals surface area contributed by atoms with Gasteiger partial charge in [-0.1, -0.05) is 23.4 Å². The van der Waals surface area contributed by atoms with Gasteiger partial charge in [-0.25, -0.2) is 4.68 Å². The van der Waals surface area contributed by atoms with Gasteiger partial charge in [0.15, 0.2) is 0 Å². The Bertz CT molecular complexity index is 588. The summed E-state index contributed by atoms with van der Waals surface area (Å²) >= 11 is 7.24. The van der Waals surface area contributed by atoms with Crippen LogP contribution in [0.15, 0.2) is 29.4 Å². The summed E-state index contributed by atoms with van der Waals surface area (Å²) in [6.45, 7) is 0.222. The lowest BCUT2D eigenvalue weighted by atomic mass is 10.3. The van der Waals surface area contributed by atoms with E-state index in [9.17, 15) is 5.11 Å². The molecule has 2 aromatic rings. The Morgan fingerprint density at radius 1 is 1.38 bits per heavy atom. The van der Waals surface area contributed by atoms with Gasteiger partial charge in [0.2, 0.25) is 5.16 Å². The average Bonchev–Trinajstić information content (AvgIpc) is 3.23. The predicted octanol–water partition coefficient (Wildman–Crippen LogP) is 2.19. The molecule has 0 aliphatic heterocycles. The second kappa shape index (κ2) is 6.64. The number of hydrogen-bond acceptors (Lipinski definition) is 6. The van der Waals surface area contributed by atoms with Crippen molar-refractivity contribution in [3.63, 3.8) is 0 Å². The normalized spacial score (nSPS) is 15.9. The molecule has 0 spiro atoms. The molecule has 1 atom stereocenters. The standard InChI is InChI=1S/C13H15ClN4O2S/c14-9-1-5-12(6-2-9)20-7-11(19)8-21-13-15-16-17-18(13)10-3-4-10/h1-2,5-6,10-11,19H,3-4,7-8H2. The Morgan fingerprint density at radius 3 is 2.86 bits per heavy atom. The summed E-state index contributed by atoms with van der Waals surface area (Å²) in [6.07, 6.45) is 1.66. The lowest BCUT2D eigenvalue weighted by Crippen LogP contribution is -2.20. The van der Waals surface area contributed by atoms with Crippen molar-refractivity contribution in [2.75, 3.05) is 12.4 Å². The lowest BCUT2D eigenvalue weighted by Gasteiger charge is -2.11. The SMILES string of the molecule is OC(COc1ccc(Cl)cc1)CSc1nnnn1C1CC1. The highest BCUT2D eigenvalue weighted by Crippen LogP contribution is 2.36. The van der Waals surface area contributed by atoms with Crippen molar-refractivity contribution in [3.05, 3.63) is 29.3 Å². The molecule has 6 nitrogen and oxygen atoms in total. The number of aromatic nitrogens is 4. The zero-order valence-electron chi connectivity index (χ0n) is 11.2. The quantitative estimate of drug-likeness (QED) is 0.786.